The average molecular weight is 479 g/mol. The maximum Gasteiger partial charge on any atom is 0.261 e. The first-order chi connectivity index (χ1) is 13.2. The van der Waals surface area contributed by atoms with E-state index in [2.05, 4.69) is 20.7 Å². The second kappa shape index (κ2) is 8.46. The van der Waals surface area contributed by atoms with Crippen molar-refractivity contribution in [3.8, 4) is 0 Å². The third-order valence-corrected chi connectivity index (χ3v) is 7.02. The largest absolute Gasteiger partial charge is 0.337 e. The van der Waals surface area contributed by atoms with E-state index in [1.54, 1.807) is 53.6 Å². The highest BCUT2D eigenvalue weighted by atomic mass is 79.9. The number of aryl methyl sites for hydroxylation is 1. The normalized spacial score (nSPS) is 11.2. The van der Waals surface area contributed by atoms with Gasteiger partial charge in [0.15, 0.2) is 0 Å². The Balaban J connectivity index is 1.79. The monoisotopic (exact) mass is 478 g/mol. The van der Waals surface area contributed by atoms with Gasteiger partial charge < -0.3 is 4.90 Å². The molecular formula is C20H19BrN2O3S2. The van der Waals surface area contributed by atoms with Crippen molar-refractivity contribution < 1.29 is 13.2 Å². The fourth-order valence-corrected chi connectivity index (χ4v) is 5.31. The smallest absolute Gasteiger partial charge is 0.261 e. The summed E-state index contributed by atoms with van der Waals surface area (Å²) in [7, 11) is -2.10. The van der Waals surface area contributed by atoms with E-state index in [9.17, 15) is 13.2 Å². The molecule has 0 aliphatic rings. The Hall–Kier alpha value is -2.16. The van der Waals surface area contributed by atoms with Gasteiger partial charge in [-0.3, -0.25) is 9.52 Å². The number of benzene rings is 2. The van der Waals surface area contributed by atoms with Gasteiger partial charge in [-0.1, -0.05) is 18.2 Å². The Bertz CT molecular complexity index is 1110. The second-order valence-electron chi connectivity index (χ2n) is 6.37. The van der Waals surface area contributed by atoms with Crippen LogP contribution in [0.25, 0.3) is 0 Å². The molecule has 146 valence electrons. The molecule has 2 aromatic carbocycles. The summed E-state index contributed by atoms with van der Waals surface area (Å²) >= 11 is 4.96. The van der Waals surface area contributed by atoms with Crippen molar-refractivity contribution in [1.82, 2.24) is 4.90 Å². The molecule has 5 nitrogen and oxygen atoms in total. The molecule has 0 aliphatic heterocycles. The van der Waals surface area contributed by atoms with E-state index in [0.29, 0.717) is 17.8 Å². The number of rotatable bonds is 6. The van der Waals surface area contributed by atoms with Crippen LogP contribution < -0.4 is 4.72 Å². The fraction of sp³-hybridized carbons (Fsp3) is 0.150. The highest BCUT2D eigenvalue weighted by Crippen LogP contribution is 2.24. The second-order valence-corrected chi connectivity index (χ2v) is 10.6. The van der Waals surface area contributed by atoms with Gasteiger partial charge in [0.1, 0.15) is 0 Å². The molecule has 0 unspecified atom stereocenters. The number of carbonyl (C=O) groups is 1. The molecule has 1 aromatic heterocycles. The molecule has 0 atom stereocenters. The van der Waals surface area contributed by atoms with Crippen molar-refractivity contribution in [3.05, 3.63) is 80.5 Å². The van der Waals surface area contributed by atoms with Crippen LogP contribution in [0.2, 0.25) is 0 Å². The van der Waals surface area contributed by atoms with Gasteiger partial charge >= 0.3 is 0 Å². The van der Waals surface area contributed by atoms with Crippen LogP contribution in [0.3, 0.4) is 0 Å². The van der Waals surface area contributed by atoms with Gasteiger partial charge in [0.05, 0.1) is 15.2 Å². The van der Waals surface area contributed by atoms with Gasteiger partial charge in [0.2, 0.25) is 0 Å². The van der Waals surface area contributed by atoms with Crippen LogP contribution in [0.15, 0.2) is 69.3 Å². The SMILES string of the molecule is Cc1cccc(NS(=O)(=O)c2cccc(C(=O)N(C)Cc3ccc(Br)s3)c2)c1. The van der Waals surface area contributed by atoms with E-state index in [-0.39, 0.29) is 10.8 Å². The average Bonchev–Trinajstić information content (AvgIpc) is 3.05. The molecule has 0 fully saturated rings. The number of sulfonamides is 1. The summed E-state index contributed by atoms with van der Waals surface area (Å²) in [4.78, 5) is 15.4. The van der Waals surface area contributed by atoms with Crippen LogP contribution >= 0.6 is 27.3 Å². The number of nitrogens with one attached hydrogen (secondary N) is 1. The predicted molar refractivity (Wildman–Crippen MR) is 116 cm³/mol. The summed E-state index contributed by atoms with van der Waals surface area (Å²) in [5, 5.41) is 0. The van der Waals surface area contributed by atoms with Crippen LogP contribution in [0.4, 0.5) is 5.69 Å². The van der Waals surface area contributed by atoms with Gasteiger partial charge in [-0.15, -0.1) is 11.3 Å². The van der Waals surface area contributed by atoms with Crippen LogP contribution in [0, 0.1) is 6.92 Å². The van der Waals surface area contributed by atoms with Crippen molar-refractivity contribution in [3.63, 3.8) is 0 Å². The van der Waals surface area contributed by atoms with E-state index in [0.717, 1.165) is 14.2 Å². The van der Waals surface area contributed by atoms with Gasteiger partial charge in [0.25, 0.3) is 15.9 Å². The zero-order chi connectivity index (χ0) is 20.3. The van der Waals surface area contributed by atoms with Crippen LogP contribution in [0.1, 0.15) is 20.8 Å². The number of carbonyl (C=O) groups excluding carboxylic acids is 1. The minimum Gasteiger partial charge on any atom is -0.337 e. The number of amides is 1. The fourth-order valence-electron chi connectivity index (χ4n) is 2.68. The number of hydrogen-bond donors (Lipinski definition) is 1. The Morgan fingerprint density at radius 3 is 2.54 bits per heavy atom. The Labute approximate surface area is 177 Å². The summed E-state index contributed by atoms with van der Waals surface area (Å²) in [6, 6.07) is 17.1. The minimum atomic E-state index is -3.79. The van der Waals surface area contributed by atoms with E-state index >= 15 is 0 Å². The van der Waals surface area contributed by atoms with E-state index in [1.807, 2.05) is 25.1 Å². The van der Waals surface area contributed by atoms with Crippen molar-refractivity contribution in [2.75, 3.05) is 11.8 Å². The lowest BCUT2D eigenvalue weighted by Crippen LogP contribution is -2.26. The molecule has 0 saturated heterocycles. The zero-order valence-electron chi connectivity index (χ0n) is 15.3. The van der Waals surface area contributed by atoms with Crippen molar-refractivity contribution in [2.45, 2.75) is 18.4 Å². The number of nitrogens with zero attached hydrogens (tertiary/aromatic N) is 1. The standard InChI is InChI=1S/C20H19BrN2O3S2/c1-14-5-3-7-16(11-14)22-28(25,26)18-8-4-6-15(12-18)20(24)23(2)13-17-9-10-19(21)27-17/h3-12,22H,13H2,1-2H3. The number of thiophene rings is 1. The molecule has 3 aromatic rings. The first kappa shape index (κ1) is 20.6. The minimum absolute atomic E-state index is 0.0483. The van der Waals surface area contributed by atoms with Crippen LogP contribution in [-0.4, -0.2) is 26.3 Å². The Morgan fingerprint density at radius 2 is 1.86 bits per heavy atom. The van der Waals surface area contributed by atoms with Crippen molar-refractivity contribution in [1.29, 1.82) is 0 Å². The third-order valence-electron chi connectivity index (χ3n) is 4.03. The maximum atomic E-state index is 12.7. The third kappa shape index (κ3) is 5.01. The molecule has 3 rings (SSSR count). The quantitative estimate of drug-likeness (QED) is 0.548. The highest BCUT2D eigenvalue weighted by Gasteiger charge is 2.19. The van der Waals surface area contributed by atoms with Crippen molar-refractivity contribution >= 4 is 48.9 Å². The molecule has 1 heterocycles. The van der Waals surface area contributed by atoms with E-state index in [4.69, 9.17) is 0 Å². The molecule has 0 bridgehead atoms. The van der Waals surface area contributed by atoms with E-state index in [1.165, 1.54) is 12.1 Å². The summed E-state index contributed by atoms with van der Waals surface area (Å²) < 4.78 is 29.0. The van der Waals surface area contributed by atoms with Gasteiger partial charge in [-0.25, -0.2) is 8.42 Å². The van der Waals surface area contributed by atoms with Crippen LogP contribution in [0.5, 0.6) is 0 Å². The van der Waals surface area contributed by atoms with Crippen LogP contribution in [-0.2, 0) is 16.6 Å². The Morgan fingerprint density at radius 1 is 1.11 bits per heavy atom. The zero-order valence-corrected chi connectivity index (χ0v) is 18.6. The summed E-state index contributed by atoms with van der Waals surface area (Å²) in [6.45, 7) is 2.34. The number of anilines is 1. The molecule has 28 heavy (non-hydrogen) atoms. The lowest BCUT2D eigenvalue weighted by atomic mass is 10.2. The number of hydrogen-bond acceptors (Lipinski definition) is 4. The summed E-state index contributed by atoms with van der Waals surface area (Å²) in [6.07, 6.45) is 0. The highest BCUT2D eigenvalue weighted by molar-refractivity contribution is 9.11. The van der Waals surface area contributed by atoms with Crippen molar-refractivity contribution in [2.24, 2.45) is 0 Å². The molecule has 0 aliphatic carbocycles. The lowest BCUT2D eigenvalue weighted by Gasteiger charge is -2.17. The molecule has 0 spiro atoms. The Kier molecular flexibility index (Phi) is 6.22. The molecule has 1 amide bonds. The van der Waals surface area contributed by atoms with Gasteiger partial charge in [-0.05, 0) is 70.9 Å². The first-order valence-corrected chi connectivity index (χ1v) is 11.5. The molecule has 0 saturated carbocycles. The van der Waals surface area contributed by atoms with Gasteiger partial charge in [0, 0.05) is 23.2 Å². The predicted octanol–water partition coefficient (Wildman–Crippen LogP) is 4.89. The molecule has 0 radical (unpaired) electrons. The molecule has 1 N–H and O–H groups in total. The summed E-state index contributed by atoms with van der Waals surface area (Å²) in [5.74, 6) is -0.239. The molecule has 8 heteroatoms. The van der Waals surface area contributed by atoms with Gasteiger partial charge in [-0.2, -0.15) is 0 Å². The topological polar surface area (TPSA) is 66.5 Å². The lowest BCUT2D eigenvalue weighted by molar-refractivity contribution is 0.0786. The molecular weight excluding hydrogens is 460 g/mol. The first-order valence-electron chi connectivity index (χ1n) is 8.44. The number of halogens is 1. The maximum absolute atomic E-state index is 12.7. The van der Waals surface area contributed by atoms with E-state index < -0.39 is 10.0 Å². The summed E-state index contributed by atoms with van der Waals surface area (Å²) in [5.41, 5.74) is 1.76.